The summed E-state index contributed by atoms with van der Waals surface area (Å²) in [6, 6.07) is 21.6. The average molecular weight is 300 g/mol. The number of hydrogen-bond donors (Lipinski definition) is 0. The molecule has 22 heavy (non-hydrogen) atoms. The van der Waals surface area contributed by atoms with E-state index in [1.165, 1.54) is 31.7 Å². The zero-order chi connectivity index (χ0) is 14.7. The fourth-order valence-electron chi connectivity index (χ4n) is 3.50. The highest BCUT2D eigenvalue weighted by atomic mass is 32.2. The quantitative estimate of drug-likeness (QED) is 0.406. The smallest absolute Gasteiger partial charge is 0.253 e. The molecule has 2 aliphatic heterocycles. The van der Waals surface area contributed by atoms with Crippen LogP contribution < -0.4 is 21.1 Å². The van der Waals surface area contributed by atoms with E-state index < -0.39 is 0 Å². The molecule has 0 radical (unpaired) electrons. The van der Waals surface area contributed by atoms with Crippen molar-refractivity contribution in [2.75, 3.05) is 0 Å². The van der Waals surface area contributed by atoms with E-state index in [9.17, 15) is 0 Å². The summed E-state index contributed by atoms with van der Waals surface area (Å²) in [5.74, 6) is 1.98. The van der Waals surface area contributed by atoms with Crippen LogP contribution in [0.4, 0.5) is 0 Å². The molecule has 3 aromatic carbocycles. The summed E-state index contributed by atoms with van der Waals surface area (Å²) in [7, 11) is 0. The van der Waals surface area contributed by atoms with Crippen LogP contribution in [-0.2, 0) is 0 Å². The molecule has 0 N–H and O–H groups in total. The van der Waals surface area contributed by atoms with Gasteiger partial charge in [0.25, 0.3) is 6.71 Å². The van der Waals surface area contributed by atoms with Gasteiger partial charge in [-0.15, -0.1) is 0 Å². The first-order chi connectivity index (χ1) is 10.8. The van der Waals surface area contributed by atoms with Crippen LogP contribution in [0.2, 0.25) is 0 Å². The van der Waals surface area contributed by atoms with Gasteiger partial charge >= 0.3 is 0 Å². The summed E-state index contributed by atoms with van der Waals surface area (Å²) >= 11 is 1.85. The summed E-state index contributed by atoms with van der Waals surface area (Å²) in [4.78, 5) is 2.67. The van der Waals surface area contributed by atoms with Crippen molar-refractivity contribution in [3.63, 3.8) is 0 Å². The molecule has 0 atom stereocenters. The Labute approximate surface area is 134 Å². The number of rotatable bonds is 0. The topological polar surface area (TPSA) is 9.23 Å². The second-order valence-corrected chi connectivity index (χ2v) is 6.97. The lowest BCUT2D eigenvalue weighted by atomic mass is 9.35. The maximum absolute atomic E-state index is 6.16. The summed E-state index contributed by atoms with van der Waals surface area (Å²) in [5.41, 5.74) is 5.31. The Morgan fingerprint density at radius 3 is 2.64 bits per heavy atom. The number of aryl methyl sites for hydroxylation is 1. The lowest BCUT2D eigenvalue weighted by Crippen LogP contribution is -2.57. The number of fused-ring (bicyclic) bond motifs is 4. The van der Waals surface area contributed by atoms with E-state index in [-0.39, 0.29) is 6.71 Å². The molecule has 104 valence electrons. The van der Waals surface area contributed by atoms with Crippen LogP contribution in [0.1, 0.15) is 5.56 Å². The Morgan fingerprint density at radius 1 is 0.818 bits per heavy atom. The third kappa shape index (κ3) is 1.63. The van der Waals surface area contributed by atoms with Gasteiger partial charge in [0.15, 0.2) is 0 Å². The Bertz CT molecular complexity index is 905. The van der Waals surface area contributed by atoms with Gasteiger partial charge in [-0.2, -0.15) is 0 Å². The molecule has 2 aliphatic rings. The van der Waals surface area contributed by atoms with Crippen molar-refractivity contribution < 1.29 is 4.74 Å². The Balaban J connectivity index is 1.87. The van der Waals surface area contributed by atoms with Gasteiger partial charge in [-0.1, -0.05) is 59.2 Å². The van der Waals surface area contributed by atoms with Crippen LogP contribution >= 0.6 is 11.8 Å². The third-order valence-electron chi connectivity index (χ3n) is 4.46. The predicted molar refractivity (Wildman–Crippen MR) is 92.9 cm³/mol. The van der Waals surface area contributed by atoms with Crippen molar-refractivity contribution in [1.29, 1.82) is 0 Å². The average Bonchev–Trinajstić information content (AvgIpc) is 2.55. The minimum absolute atomic E-state index is 0.285. The Morgan fingerprint density at radius 2 is 1.68 bits per heavy atom. The van der Waals surface area contributed by atoms with Crippen molar-refractivity contribution in [1.82, 2.24) is 0 Å². The Hall–Kier alpha value is -2.13. The fourth-order valence-corrected chi connectivity index (χ4v) is 4.64. The highest BCUT2D eigenvalue weighted by Crippen LogP contribution is 2.36. The highest BCUT2D eigenvalue weighted by Gasteiger charge is 2.38. The molecule has 2 heterocycles. The normalized spacial score (nSPS) is 13.8. The van der Waals surface area contributed by atoms with Gasteiger partial charge in [0.2, 0.25) is 0 Å². The van der Waals surface area contributed by atoms with Gasteiger partial charge in [0.05, 0.1) is 0 Å². The molecular weight excluding hydrogens is 287 g/mol. The summed E-state index contributed by atoms with van der Waals surface area (Å²) in [6.45, 7) is 2.45. The molecule has 0 saturated carbocycles. The second-order valence-electron chi connectivity index (χ2n) is 5.88. The zero-order valence-electron chi connectivity index (χ0n) is 12.2. The van der Waals surface area contributed by atoms with E-state index >= 15 is 0 Å². The van der Waals surface area contributed by atoms with Crippen molar-refractivity contribution in [2.24, 2.45) is 0 Å². The first-order valence-electron chi connectivity index (χ1n) is 7.49. The predicted octanol–water partition coefficient (Wildman–Crippen LogP) is 3.08. The molecule has 0 amide bonds. The van der Waals surface area contributed by atoms with Crippen molar-refractivity contribution in [3.05, 3.63) is 66.2 Å². The third-order valence-corrected chi connectivity index (χ3v) is 5.63. The molecule has 0 aliphatic carbocycles. The number of benzene rings is 3. The van der Waals surface area contributed by atoms with E-state index in [1.807, 2.05) is 17.8 Å². The van der Waals surface area contributed by atoms with Crippen LogP contribution in [0, 0.1) is 6.92 Å². The zero-order valence-corrected chi connectivity index (χ0v) is 13.0. The van der Waals surface area contributed by atoms with E-state index in [2.05, 4.69) is 61.5 Å². The molecule has 0 fully saturated rings. The van der Waals surface area contributed by atoms with E-state index in [4.69, 9.17) is 4.74 Å². The molecule has 0 spiro atoms. The molecule has 3 heteroatoms. The summed E-state index contributed by atoms with van der Waals surface area (Å²) < 4.78 is 6.16. The fraction of sp³-hybridized carbons (Fsp3) is 0.0526. The SMILES string of the molecule is Cc1ccc2c(c1)B1c3ccccc3Oc3cccc(c31)S2. The maximum atomic E-state index is 6.16. The van der Waals surface area contributed by atoms with E-state index in [0.29, 0.717) is 0 Å². The molecular formula is C19H13BOS. The minimum atomic E-state index is 0.285. The molecule has 0 unspecified atom stereocenters. The minimum Gasteiger partial charge on any atom is -0.458 e. The van der Waals surface area contributed by atoms with Gasteiger partial charge in [-0.05, 0) is 42.1 Å². The van der Waals surface area contributed by atoms with Crippen molar-refractivity contribution in [3.8, 4) is 11.5 Å². The lowest BCUT2D eigenvalue weighted by Gasteiger charge is -2.32. The van der Waals surface area contributed by atoms with Crippen LogP contribution in [-0.4, -0.2) is 6.71 Å². The molecule has 5 rings (SSSR count). The van der Waals surface area contributed by atoms with Crippen LogP contribution in [0.15, 0.2) is 70.5 Å². The maximum Gasteiger partial charge on any atom is 0.253 e. The van der Waals surface area contributed by atoms with Crippen molar-refractivity contribution >= 4 is 34.9 Å². The molecule has 0 aromatic heterocycles. The summed E-state index contributed by atoms with van der Waals surface area (Å²) in [5, 5.41) is 0. The molecule has 1 nitrogen and oxygen atoms in total. The van der Waals surface area contributed by atoms with Gasteiger partial charge in [-0.25, -0.2) is 0 Å². The Kier molecular flexibility index (Phi) is 2.50. The van der Waals surface area contributed by atoms with Gasteiger partial charge < -0.3 is 4.74 Å². The monoisotopic (exact) mass is 300 g/mol. The first kappa shape index (κ1) is 12.4. The summed E-state index contributed by atoms with van der Waals surface area (Å²) in [6.07, 6.45) is 0. The van der Waals surface area contributed by atoms with Crippen LogP contribution in [0.25, 0.3) is 0 Å². The number of para-hydroxylation sites is 1. The first-order valence-corrected chi connectivity index (χ1v) is 8.31. The number of hydrogen-bond acceptors (Lipinski definition) is 2. The van der Waals surface area contributed by atoms with Gasteiger partial charge in [0, 0.05) is 9.79 Å². The molecule has 0 saturated heterocycles. The number of ether oxygens (including phenoxy) is 1. The van der Waals surface area contributed by atoms with E-state index in [0.717, 1.165) is 11.5 Å². The van der Waals surface area contributed by atoms with Gasteiger partial charge in [0.1, 0.15) is 11.5 Å². The van der Waals surface area contributed by atoms with Crippen LogP contribution in [0.5, 0.6) is 11.5 Å². The molecule has 0 bridgehead atoms. The highest BCUT2D eigenvalue weighted by molar-refractivity contribution is 8.00. The lowest BCUT2D eigenvalue weighted by molar-refractivity contribution is 0.486. The molecule has 3 aromatic rings. The van der Waals surface area contributed by atoms with Crippen molar-refractivity contribution in [2.45, 2.75) is 16.7 Å². The standard InChI is InChI=1S/C19H13BOS/c1-12-9-10-17-14(11-12)20-13-5-2-3-6-15(13)21-16-7-4-8-18(22-17)19(16)20/h2-11H,1H3. The van der Waals surface area contributed by atoms with Crippen LogP contribution in [0.3, 0.4) is 0 Å². The van der Waals surface area contributed by atoms with Gasteiger partial charge in [-0.3, -0.25) is 0 Å². The second kappa shape index (κ2) is 4.44. The largest absolute Gasteiger partial charge is 0.458 e. The van der Waals surface area contributed by atoms with E-state index in [1.54, 1.807) is 0 Å².